The monoisotopic (exact) mass is 707 g/mol. The van der Waals surface area contributed by atoms with Gasteiger partial charge >= 0.3 is 0 Å². The molecule has 3 aromatic carbocycles. The predicted molar refractivity (Wildman–Crippen MR) is 221 cm³/mol. The maximum Gasteiger partial charge on any atom is 0.0623 e. The summed E-state index contributed by atoms with van der Waals surface area (Å²) in [6.07, 6.45) is 42.1. The van der Waals surface area contributed by atoms with Gasteiger partial charge in [0.25, 0.3) is 0 Å². The standard InChI is InChI=1S/C49H41NS2/c1-3-14-32(15-4-1)33-26-28-41-47(31-33)52-45-25-12-9-22-40(45)49(41)39-21-8-11-24-44(39)51-46-29-27-34(30-42(46)49)36-19-13-20-38-37-18-7-10-23-43(37)50(48(36)38)35-16-5-2-6-17-35/h1-8,10-14,16-20,23-32,37-39,43,48H,9,15,21-22H2. The van der Waals surface area contributed by atoms with Gasteiger partial charge in [0.2, 0.25) is 0 Å². The molecule has 3 aromatic rings. The molecular formula is C49H41NS2. The van der Waals surface area contributed by atoms with Crippen LogP contribution < -0.4 is 4.90 Å². The molecule has 3 heteroatoms. The van der Waals surface area contributed by atoms with Crippen LogP contribution in [0.2, 0.25) is 0 Å². The normalized spacial score (nSPS) is 31.4. The van der Waals surface area contributed by atoms with Crippen molar-refractivity contribution in [3.8, 4) is 0 Å². The summed E-state index contributed by atoms with van der Waals surface area (Å²) in [5.74, 6) is 1.67. The largest absolute Gasteiger partial charge is 0.357 e. The number of allylic oxidation sites excluding steroid dienone is 15. The number of anilines is 1. The van der Waals surface area contributed by atoms with Gasteiger partial charge in [0.15, 0.2) is 0 Å². The molecule has 1 spiro atoms. The Labute approximate surface area is 316 Å². The molecular weight excluding hydrogens is 667 g/mol. The molecule has 7 unspecified atom stereocenters. The molecule has 11 rings (SSSR count). The molecule has 8 aliphatic rings. The van der Waals surface area contributed by atoms with Crippen LogP contribution in [0.1, 0.15) is 53.9 Å². The van der Waals surface area contributed by atoms with E-state index in [2.05, 4.69) is 169 Å². The zero-order valence-corrected chi connectivity index (χ0v) is 30.8. The van der Waals surface area contributed by atoms with Gasteiger partial charge in [-0.1, -0.05) is 157 Å². The van der Waals surface area contributed by atoms with Gasteiger partial charge in [-0.05, 0) is 94.3 Å². The third kappa shape index (κ3) is 4.58. The molecule has 0 aromatic heterocycles. The minimum absolute atomic E-state index is 0.215. The van der Waals surface area contributed by atoms with Crippen LogP contribution in [-0.4, -0.2) is 12.1 Å². The lowest BCUT2D eigenvalue weighted by molar-refractivity contribution is 0.401. The molecule has 0 N–H and O–H groups in total. The lowest BCUT2D eigenvalue weighted by Crippen LogP contribution is -2.44. The van der Waals surface area contributed by atoms with Crippen LogP contribution in [0.25, 0.3) is 5.57 Å². The topological polar surface area (TPSA) is 3.24 Å². The van der Waals surface area contributed by atoms with Crippen molar-refractivity contribution in [1.82, 2.24) is 0 Å². The zero-order valence-electron chi connectivity index (χ0n) is 29.1. The van der Waals surface area contributed by atoms with E-state index >= 15 is 0 Å². The highest BCUT2D eigenvalue weighted by molar-refractivity contribution is 8.03. The average molecular weight is 708 g/mol. The lowest BCUT2D eigenvalue weighted by atomic mass is 9.57. The van der Waals surface area contributed by atoms with Crippen molar-refractivity contribution in [2.75, 3.05) is 4.90 Å². The molecule has 254 valence electrons. The summed E-state index contributed by atoms with van der Waals surface area (Å²) >= 11 is 4.04. The summed E-state index contributed by atoms with van der Waals surface area (Å²) in [6.45, 7) is 0. The lowest BCUT2D eigenvalue weighted by Gasteiger charge is -2.52. The fourth-order valence-corrected chi connectivity index (χ4v) is 13.3. The van der Waals surface area contributed by atoms with Gasteiger partial charge < -0.3 is 4.90 Å². The molecule has 1 fully saturated rings. The zero-order chi connectivity index (χ0) is 34.2. The Bertz CT molecular complexity index is 2310. The molecule has 0 radical (unpaired) electrons. The van der Waals surface area contributed by atoms with E-state index < -0.39 is 0 Å². The number of thioether (sulfide) groups is 2. The predicted octanol–water partition coefficient (Wildman–Crippen LogP) is 12.4. The summed E-state index contributed by atoms with van der Waals surface area (Å²) in [4.78, 5) is 8.56. The van der Waals surface area contributed by atoms with Gasteiger partial charge in [-0.25, -0.2) is 0 Å². The maximum atomic E-state index is 2.72. The Morgan fingerprint density at radius 2 is 1.56 bits per heavy atom. The van der Waals surface area contributed by atoms with E-state index in [1.54, 1.807) is 5.57 Å². The first-order chi connectivity index (χ1) is 25.8. The quantitative estimate of drug-likeness (QED) is 0.267. The molecule has 1 saturated heterocycles. The highest BCUT2D eigenvalue weighted by Gasteiger charge is 2.55. The summed E-state index contributed by atoms with van der Waals surface area (Å²) in [7, 11) is 0. The minimum Gasteiger partial charge on any atom is -0.357 e. The number of rotatable bonds is 3. The van der Waals surface area contributed by atoms with Crippen molar-refractivity contribution in [3.63, 3.8) is 0 Å². The summed E-state index contributed by atoms with van der Waals surface area (Å²) in [5, 5.41) is 0. The van der Waals surface area contributed by atoms with E-state index in [1.807, 2.05) is 23.5 Å². The molecule has 0 saturated carbocycles. The van der Waals surface area contributed by atoms with Crippen LogP contribution in [0.15, 0.2) is 189 Å². The second-order valence-electron chi connectivity index (χ2n) is 15.3. The summed E-state index contributed by atoms with van der Waals surface area (Å²) in [6, 6.07) is 26.9. The number of hydrogen-bond acceptors (Lipinski definition) is 3. The minimum atomic E-state index is -0.215. The fourth-order valence-electron chi connectivity index (χ4n) is 10.7. The van der Waals surface area contributed by atoms with Crippen molar-refractivity contribution < 1.29 is 0 Å². The number of hydrogen-bond donors (Lipinski definition) is 0. The van der Waals surface area contributed by atoms with E-state index in [4.69, 9.17) is 0 Å². The third-order valence-corrected chi connectivity index (χ3v) is 15.2. The van der Waals surface area contributed by atoms with E-state index in [0.717, 1.165) is 25.7 Å². The van der Waals surface area contributed by atoms with E-state index in [0.29, 0.717) is 29.7 Å². The Hall–Kier alpha value is -4.44. The second kappa shape index (κ2) is 12.3. The first-order valence-electron chi connectivity index (χ1n) is 19.1. The number of fused-ring (bicyclic) bond motifs is 10. The van der Waals surface area contributed by atoms with Crippen molar-refractivity contribution >= 4 is 34.8 Å². The highest BCUT2D eigenvalue weighted by Crippen LogP contribution is 2.66. The van der Waals surface area contributed by atoms with Crippen molar-refractivity contribution in [1.29, 1.82) is 0 Å². The second-order valence-corrected chi connectivity index (χ2v) is 17.5. The van der Waals surface area contributed by atoms with Gasteiger partial charge in [-0.2, -0.15) is 0 Å². The van der Waals surface area contributed by atoms with Crippen LogP contribution in [-0.2, 0) is 5.41 Å². The molecule has 3 aliphatic heterocycles. The summed E-state index contributed by atoms with van der Waals surface area (Å²) in [5.41, 5.74) is 9.99. The molecule has 0 amide bonds. The van der Waals surface area contributed by atoms with Crippen molar-refractivity contribution in [3.05, 3.63) is 202 Å². The van der Waals surface area contributed by atoms with Gasteiger partial charge in [-0.3, -0.25) is 0 Å². The Balaban J connectivity index is 1.12. The smallest absolute Gasteiger partial charge is 0.0623 e. The van der Waals surface area contributed by atoms with Crippen LogP contribution >= 0.6 is 23.5 Å². The average Bonchev–Trinajstić information content (AvgIpc) is 3.56. The van der Waals surface area contributed by atoms with Crippen molar-refractivity contribution in [2.45, 2.75) is 58.9 Å². The number of nitrogens with zero attached hydrogens (tertiary/aromatic N) is 1. The van der Waals surface area contributed by atoms with E-state index in [9.17, 15) is 0 Å². The van der Waals surface area contributed by atoms with Crippen molar-refractivity contribution in [2.24, 2.45) is 17.8 Å². The molecule has 52 heavy (non-hydrogen) atoms. The first-order valence-corrected chi connectivity index (χ1v) is 20.7. The van der Waals surface area contributed by atoms with Gasteiger partial charge in [0, 0.05) is 44.1 Å². The molecule has 5 aliphatic carbocycles. The maximum absolute atomic E-state index is 2.72. The van der Waals surface area contributed by atoms with Crippen LogP contribution in [0, 0.1) is 17.8 Å². The molecule has 7 atom stereocenters. The molecule has 1 nitrogen and oxygen atoms in total. The Morgan fingerprint density at radius 3 is 2.48 bits per heavy atom. The van der Waals surface area contributed by atoms with Gasteiger partial charge in [-0.15, -0.1) is 0 Å². The number of benzene rings is 3. The van der Waals surface area contributed by atoms with Gasteiger partial charge in [0.05, 0.1) is 17.5 Å². The highest BCUT2D eigenvalue weighted by atomic mass is 32.2. The Morgan fingerprint density at radius 1 is 0.673 bits per heavy atom. The van der Waals surface area contributed by atoms with Crippen LogP contribution in [0.5, 0.6) is 0 Å². The van der Waals surface area contributed by atoms with Crippen LogP contribution in [0.3, 0.4) is 0 Å². The summed E-state index contributed by atoms with van der Waals surface area (Å²) < 4.78 is 0. The third-order valence-electron chi connectivity index (χ3n) is 12.8. The SMILES string of the molecule is C1=CCC(c2ccc3c(c2)SC2=C(CCC=C2)C32c3cc(C4=CC=CC5C6C=CC=CC6N(c6ccccc6)C45)ccc3SC3=CC=CCC32)C=C1. The molecule has 0 bridgehead atoms. The van der Waals surface area contributed by atoms with Gasteiger partial charge in [0.1, 0.15) is 0 Å². The Kier molecular flexibility index (Phi) is 7.37. The number of para-hydroxylation sites is 1. The molecule has 3 heterocycles. The first kappa shape index (κ1) is 31.1. The van der Waals surface area contributed by atoms with E-state index in [-0.39, 0.29) is 11.5 Å². The fraction of sp³-hybridized carbons (Fsp3) is 0.224. The van der Waals surface area contributed by atoms with E-state index in [1.165, 1.54) is 53.1 Å². The van der Waals surface area contributed by atoms with Crippen LogP contribution in [0.4, 0.5) is 5.69 Å².